The first kappa shape index (κ1) is 12.8. The van der Waals surface area contributed by atoms with Gasteiger partial charge in [-0.1, -0.05) is 6.92 Å². The van der Waals surface area contributed by atoms with E-state index in [9.17, 15) is 4.39 Å². The van der Waals surface area contributed by atoms with E-state index in [-0.39, 0.29) is 11.4 Å². The SMILES string of the molecule is CCN1CCC(C)(n2c3cc(F)ccc3n3nccc23)C1. The van der Waals surface area contributed by atoms with E-state index >= 15 is 0 Å². The fraction of sp³-hybridized carbons (Fsp3) is 0.438. The third kappa shape index (κ3) is 1.73. The summed E-state index contributed by atoms with van der Waals surface area (Å²) in [7, 11) is 0. The van der Waals surface area contributed by atoms with Crippen molar-refractivity contribution < 1.29 is 4.39 Å². The molecule has 4 rings (SSSR count). The van der Waals surface area contributed by atoms with Crippen molar-refractivity contribution >= 4 is 16.7 Å². The van der Waals surface area contributed by atoms with Crippen molar-refractivity contribution in [1.29, 1.82) is 0 Å². The smallest absolute Gasteiger partial charge is 0.137 e. The van der Waals surface area contributed by atoms with E-state index < -0.39 is 0 Å². The third-order valence-corrected chi connectivity index (χ3v) is 4.78. The molecule has 1 atom stereocenters. The quantitative estimate of drug-likeness (QED) is 0.724. The molecule has 1 unspecified atom stereocenters. The number of likely N-dealkylation sites (N-methyl/N-ethyl adjacent to an activating group) is 1. The number of halogens is 1. The first-order chi connectivity index (χ1) is 10.1. The predicted molar refractivity (Wildman–Crippen MR) is 81.0 cm³/mol. The van der Waals surface area contributed by atoms with Gasteiger partial charge in [0.15, 0.2) is 0 Å². The lowest BCUT2D eigenvalue weighted by Gasteiger charge is -2.28. The van der Waals surface area contributed by atoms with Crippen molar-refractivity contribution in [2.75, 3.05) is 19.6 Å². The highest BCUT2D eigenvalue weighted by Crippen LogP contribution is 2.35. The second kappa shape index (κ2) is 4.31. The normalized spacial score (nSPS) is 23.6. The van der Waals surface area contributed by atoms with Gasteiger partial charge in [0.25, 0.3) is 0 Å². The molecule has 21 heavy (non-hydrogen) atoms. The summed E-state index contributed by atoms with van der Waals surface area (Å²) in [5, 5.41) is 4.40. The lowest BCUT2D eigenvalue weighted by atomic mass is 10.0. The molecule has 0 spiro atoms. The van der Waals surface area contributed by atoms with Gasteiger partial charge in [-0.2, -0.15) is 5.10 Å². The number of benzene rings is 1. The van der Waals surface area contributed by atoms with Crippen molar-refractivity contribution in [3.05, 3.63) is 36.3 Å². The Labute approximate surface area is 122 Å². The second-order valence-electron chi connectivity index (χ2n) is 6.19. The Bertz CT molecular complexity index is 818. The van der Waals surface area contributed by atoms with Crippen molar-refractivity contribution in [3.63, 3.8) is 0 Å². The van der Waals surface area contributed by atoms with Crippen LogP contribution in [-0.2, 0) is 5.54 Å². The highest BCUT2D eigenvalue weighted by atomic mass is 19.1. The molecule has 3 aromatic rings. The zero-order chi connectivity index (χ0) is 14.6. The van der Waals surface area contributed by atoms with Crippen LogP contribution in [0.25, 0.3) is 16.7 Å². The molecular weight excluding hydrogens is 267 g/mol. The lowest BCUT2D eigenvalue weighted by molar-refractivity contribution is 0.292. The molecule has 5 heteroatoms. The van der Waals surface area contributed by atoms with Gasteiger partial charge in [-0.25, -0.2) is 8.91 Å². The van der Waals surface area contributed by atoms with Crippen LogP contribution in [0.15, 0.2) is 30.5 Å². The highest BCUT2D eigenvalue weighted by Gasteiger charge is 2.37. The van der Waals surface area contributed by atoms with Crippen molar-refractivity contribution in [2.45, 2.75) is 25.8 Å². The first-order valence-electron chi connectivity index (χ1n) is 7.49. The van der Waals surface area contributed by atoms with Gasteiger partial charge in [0.2, 0.25) is 0 Å². The highest BCUT2D eigenvalue weighted by molar-refractivity contribution is 5.82. The Balaban J connectivity index is 2.01. The number of hydrogen-bond acceptors (Lipinski definition) is 2. The van der Waals surface area contributed by atoms with E-state index in [1.54, 1.807) is 6.07 Å². The number of nitrogens with zero attached hydrogens (tertiary/aromatic N) is 4. The average molecular weight is 286 g/mol. The van der Waals surface area contributed by atoms with Gasteiger partial charge in [-0.3, -0.25) is 0 Å². The number of likely N-dealkylation sites (tertiary alicyclic amines) is 1. The second-order valence-corrected chi connectivity index (χ2v) is 6.19. The molecule has 110 valence electrons. The summed E-state index contributed by atoms with van der Waals surface area (Å²) in [4.78, 5) is 2.44. The first-order valence-corrected chi connectivity index (χ1v) is 7.49. The Kier molecular flexibility index (Phi) is 2.63. The van der Waals surface area contributed by atoms with Gasteiger partial charge in [-0.05, 0) is 38.1 Å². The van der Waals surface area contributed by atoms with E-state index in [4.69, 9.17) is 0 Å². The molecule has 1 aliphatic rings. The molecule has 0 N–H and O–H groups in total. The van der Waals surface area contributed by atoms with E-state index in [0.29, 0.717) is 0 Å². The molecule has 1 fully saturated rings. The number of rotatable bonds is 2. The van der Waals surface area contributed by atoms with Gasteiger partial charge >= 0.3 is 0 Å². The van der Waals surface area contributed by atoms with Crippen molar-refractivity contribution in [3.8, 4) is 0 Å². The maximum absolute atomic E-state index is 13.8. The maximum atomic E-state index is 13.8. The largest absolute Gasteiger partial charge is 0.317 e. The third-order valence-electron chi connectivity index (χ3n) is 4.78. The van der Waals surface area contributed by atoms with Gasteiger partial charge in [0.1, 0.15) is 11.5 Å². The standard InChI is InChI=1S/C16H19FN4/c1-3-19-9-7-16(2,11-19)20-14-10-12(17)4-5-13(14)21-15(20)6-8-18-21/h4-6,8,10H,3,7,9,11H2,1-2H3. The van der Waals surface area contributed by atoms with Crippen LogP contribution < -0.4 is 0 Å². The van der Waals surface area contributed by atoms with Crippen LogP contribution in [-0.4, -0.2) is 38.7 Å². The van der Waals surface area contributed by atoms with Crippen LogP contribution in [0.3, 0.4) is 0 Å². The van der Waals surface area contributed by atoms with E-state index in [0.717, 1.165) is 42.7 Å². The van der Waals surface area contributed by atoms with E-state index in [2.05, 4.69) is 28.4 Å². The minimum atomic E-state index is -0.196. The predicted octanol–water partition coefficient (Wildman–Crippen LogP) is 2.87. The Morgan fingerprint density at radius 2 is 2.14 bits per heavy atom. The summed E-state index contributed by atoms with van der Waals surface area (Å²) in [6.45, 7) is 7.58. The molecule has 3 heterocycles. The van der Waals surface area contributed by atoms with Gasteiger partial charge in [0.05, 0.1) is 22.8 Å². The molecule has 1 aliphatic heterocycles. The van der Waals surface area contributed by atoms with Gasteiger partial charge < -0.3 is 9.47 Å². The zero-order valence-corrected chi connectivity index (χ0v) is 12.4. The molecular formula is C16H19FN4. The molecule has 0 amide bonds. The molecule has 0 aliphatic carbocycles. The Morgan fingerprint density at radius 1 is 1.29 bits per heavy atom. The van der Waals surface area contributed by atoms with Crippen LogP contribution in [0.2, 0.25) is 0 Å². The fourth-order valence-corrected chi connectivity index (χ4v) is 3.69. The topological polar surface area (TPSA) is 25.5 Å². The summed E-state index contributed by atoms with van der Waals surface area (Å²) in [6, 6.07) is 6.96. The van der Waals surface area contributed by atoms with Crippen molar-refractivity contribution in [2.24, 2.45) is 0 Å². The number of aromatic nitrogens is 3. The van der Waals surface area contributed by atoms with Gasteiger partial charge in [-0.15, -0.1) is 0 Å². The molecule has 0 saturated carbocycles. The number of imidazole rings is 1. The minimum Gasteiger partial charge on any atom is -0.317 e. The van der Waals surface area contributed by atoms with E-state index in [1.165, 1.54) is 6.07 Å². The fourth-order valence-electron chi connectivity index (χ4n) is 3.69. The van der Waals surface area contributed by atoms with Crippen molar-refractivity contribution in [1.82, 2.24) is 19.1 Å². The minimum absolute atomic E-state index is 0.0210. The summed E-state index contributed by atoms with van der Waals surface area (Å²) >= 11 is 0. The molecule has 0 radical (unpaired) electrons. The van der Waals surface area contributed by atoms with Crippen LogP contribution in [0.5, 0.6) is 0 Å². The van der Waals surface area contributed by atoms with Crippen LogP contribution in [0, 0.1) is 5.82 Å². The van der Waals surface area contributed by atoms with E-state index in [1.807, 2.05) is 22.8 Å². The van der Waals surface area contributed by atoms with Crippen LogP contribution in [0.1, 0.15) is 20.3 Å². The lowest BCUT2D eigenvalue weighted by Crippen LogP contribution is -2.33. The molecule has 2 aromatic heterocycles. The zero-order valence-electron chi connectivity index (χ0n) is 12.4. The molecule has 1 saturated heterocycles. The van der Waals surface area contributed by atoms with Crippen LogP contribution >= 0.6 is 0 Å². The molecule has 1 aromatic carbocycles. The Hall–Kier alpha value is -1.88. The summed E-state index contributed by atoms with van der Waals surface area (Å²) < 4.78 is 17.9. The maximum Gasteiger partial charge on any atom is 0.137 e. The number of fused-ring (bicyclic) bond motifs is 3. The summed E-state index contributed by atoms with van der Waals surface area (Å²) in [5.74, 6) is -0.196. The summed E-state index contributed by atoms with van der Waals surface area (Å²) in [6.07, 6.45) is 2.88. The number of hydrogen-bond donors (Lipinski definition) is 0. The molecule has 0 bridgehead atoms. The monoisotopic (exact) mass is 286 g/mol. The average Bonchev–Trinajstić information content (AvgIpc) is 3.12. The summed E-state index contributed by atoms with van der Waals surface area (Å²) in [5.41, 5.74) is 2.91. The molecule has 4 nitrogen and oxygen atoms in total. The Morgan fingerprint density at radius 3 is 2.90 bits per heavy atom. The van der Waals surface area contributed by atoms with Gasteiger partial charge in [0, 0.05) is 19.2 Å². The van der Waals surface area contributed by atoms with Crippen LogP contribution in [0.4, 0.5) is 4.39 Å².